The molecule has 1 aromatic carbocycles. The van der Waals surface area contributed by atoms with Crippen molar-refractivity contribution in [1.82, 2.24) is 10.3 Å². The Hall–Kier alpha value is -2.77. The smallest absolute Gasteiger partial charge is 0.230 e. The van der Waals surface area contributed by atoms with Crippen LogP contribution in [-0.2, 0) is 11.2 Å². The molecule has 0 saturated heterocycles. The number of carbonyl (C=O) groups excluding carboxylic acids is 1. The molecule has 0 radical (unpaired) electrons. The molecular formula is C12H14N4O4. The number of ether oxygens (including phenoxy) is 2. The second-order valence-electron chi connectivity index (χ2n) is 3.89. The molecule has 0 unspecified atom stereocenters. The number of nitrogens with two attached hydrogens (primary N) is 1. The van der Waals surface area contributed by atoms with E-state index in [0.717, 1.165) is 0 Å². The third-order valence-electron chi connectivity index (χ3n) is 2.60. The Morgan fingerprint density at radius 1 is 1.35 bits per heavy atom. The minimum absolute atomic E-state index is 0.0372. The molecule has 1 amide bonds. The van der Waals surface area contributed by atoms with Crippen LogP contribution in [0.3, 0.4) is 0 Å². The number of rotatable bonds is 5. The van der Waals surface area contributed by atoms with Crippen molar-refractivity contribution in [3.8, 4) is 11.5 Å². The number of amides is 1. The fraction of sp³-hybridized carbons (Fsp3) is 0.250. The molecule has 0 fully saturated rings. The third kappa shape index (κ3) is 2.97. The normalized spacial score (nSPS) is 10.1. The molecule has 20 heavy (non-hydrogen) atoms. The molecule has 0 aliphatic carbocycles. The first kappa shape index (κ1) is 13.7. The van der Waals surface area contributed by atoms with Gasteiger partial charge < -0.3 is 20.5 Å². The van der Waals surface area contributed by atoms with Crippen molar-refractivity contribution in [1.29, 1.82) is 0 Å². The molecule has 1 heterocycles. The highest BCUT2D eigenvalue weighted by Crippen LogP contribution is 2.29. The molecule has 0 spiro atoms. The Morgan fingerprint density at radius 3 is 2.75 bits per heavy atom. The van der Waals surface area contributed by atoms with Gasteiger partial charge in [-0.05, 0) is 17.3 Å². The Balaban J connectivity index is 2.09. The average molecular weight is 278 g/mol. The maximum absolute atomic E-state index is 11.9. The van der Waals surface area contributed by atoms with Crippen LogP contribution >= 0.6 is 0 Å². The summed E-state index contributed by atoms with van der Waals surface area (Å²) in [7, 11) is 3.05. The number of nitrogens with zero attached hydrogens (tertiary/aromatic N) is 2. The van der Waals surface area contributed by atoms with Crippen LogP contribution in [0.5, 0.6) is 11.5 Å². The number of anilines is 2. The van der Waals surface area contributed by atoms with Crippen molar-refractivity contribution >= 4 is 17.4 Å². The number of aromatic nitrogens is 2. The molecule has 8 heteroatoms. The lowest BCUT2D eigenvalue weighted by Crippen LogP contribution is -2.16. The topological polar surface area (TPSA) is 112 Å². The van der Waals surface area contributed by atoms with E-state index in [1.165, 1.54) is 7.11 Å². The van der Waals surface area contributed by atoms with Gasteiger partial charge >= 0.3 is 0 Å². The number of hydrogen-bond acceptors (Lipinski definition) is 7. The highest BCUT2D eigenvalue weighted by Gasteiger charge is 2.14. The predicted octanol–water partition coefficient (Wildman–Crippen LogP) is 0.850. The van der Waals surface area contributed by atoms with Crippen molar-refractivity contribution < 1.29 is 18.9 Å². The molecule has 1 aromatic heterocycles. The van der Waals surface area contributed by atoms with Crippen LogP contribution < -0.4 is 20.5 Å². The SMILES string of the molecule is COc1ccc(NC(=O)Cc2nonc2N)c(OC)c1. The Labute approximate surface area is 114 Å². The second-order valence-corrected chi connectivity index (χ2v) is 3.89. The summed E-state index contributed by atoms with van der Waals surface area (Å²) in [6.45, 7) is 0. The van der Waals surface area contributed by atoms with Gasteiger partial charge in [0, 0.05) is 6.07 Å². The molecule has 2 aromatic rings. The summed E-state index contributed by atoms with van der Waals surface area (Å²) in [6, 6.07) is 5.06. The molecule has 2 rings (SSSR count). The van der Waals surface area contributed by atoms with Crippen LogP contribution in [0.4, 0.5) is 11.5 Å². The molecular weight excluding hydrogens is 264 g/mol. The summed E-state index contributed by atoms with van der Waals surface area (Å²) >= 11 is 0. The van der Waals surface area contributed by atoms with Crippen molar-refractivity contribution in [2.45, 2.75) is 6.42 Å². The van der Waals surface area contributed by atoms with E-state index >= 15 is 0 Å². The van der Waals surface area contributed by atoms with Crippen LogP contribution in [0.2, 0.25) is 0 Å². The number of nitrogen functional groups attached to an aromatic ring is 1. The van der Waals surface area contributed by atoms with E-state index in [-0.39, 0.29) is 23.8 Å². The monoisotopic (exact) mass is 278 g/mol. The maximum atomic E-state index is 11.9. The number of methoxy groups -OCH3 is 2. The highest BCUT2D eigenvalue weighted by atomic mass is 16.6. The fourth-order valence-corrected chi connectivity index (χ4v) is 1.58. The van der Waals surface area contributed by atoms with Crippen molar-refractivity contribution in [3.05, 3.63) is 23.9 Å². The minimum atomic E-state index is -0.309. The van der Waals surface area contributed by atoms with Crippen LogP contribution in [0, 0.1) is 0 Å². The molecule has 106 valence electrons. The molecule has 0 saturated carbocycles. The van der Waals surface area contributed by atoms with Gasteiger partial charge in [0.1, 0.15) is 17.2 Å². The zero-order chi connectivity index (χ0) is 14.5. The van der Waals surface area contributed by atoms with E-state index in [0.29, 0.717) is 17.2 Å². The summed E-state index contributed by atoms with van der Waals surface area (Å²) in [6.07, 6.45) is -0.0372. The zero-order valence-electron chi connectivity index (χ0n) is 11.0. The van der Waals surface area contributed by atoms with Gasteiger partial charge in [0.05, 0.1) is 26.3 Å². The molecule has 0 bridgehead atoms. The van der Waals surface area contributed by atoms with Gasteiger partial charge in [-0.3, -0.25) is 4.79 Å². The predicted molar refractivity (Wildman–Crippen MR) is 70.6 cm³/mol. The van der Waals surface area contributed by atoms with E-state index < -0.39 is 0 Å². The highest BCUT2D eigenvalue weighted by molar-refractivity contribution is 5.94. The van der Waals surface area contributed by atoms with Gasteiger partial charge in [-0.15, -0.1) is 0 Å². The van der Waals surface area contributed by atoms with E-state index in [2.05, 4.69) is 20.3 Å². The lowest BCUT2D eigenvalue weighted by molar-refractivity contribution is -0.115. The first-order valence-electron chi connectivity index (χ1n) is 5.73. The first-order chi connectivity index (χ1) is 9.63. The quantitative estimate of drug-likeness (QED) is 0.833. The van der Waals surface area contributed by atoms with Gasteiger partial charge in [0.25, 0.3) is 0 Å². The van der Waals surface area contributed by atoms with Crippen molar-refractivity contribution in [2.24, 2.45) is 0 Å². The summed E-state index contributed by atoms with van der Waals surface area (Å²) in [5.41, 5.74) is 6.30. The molecule has 0 aliphatic rings. The van der Waals surface area contributed by atoms with Gasteiger partial charge in [-0.2, -0.15) is 0 Å². The first-order valence-corrected chi connectivity index (χ1v) is 5.73. The molecule has 0 atom stereocenters. The summed E-state index contributed by atoms with van der Waals surface area (Å²) < 4.78 is 14.7. The van der Waals surface area contributed by atoms with Crippen LogP contribution in [0.15, 0.2) is 22.8 Å². The Kier molecular flexibility index (Phi) is 4.04. The lowest BCUT2D eigenvalue weighted by Gasteiger charge is -2.11. The minimum Gasteiger partial charge on any atom is -0.497 e. The Morgan fingerprint density at radius 2 is 2.15 bits per heavy atom. The van der Waals surface area contributed by atoms with E-state index in [9.17, 15) is 4.79 Å². The van der Waals surface area contributed by atoms with Crippen LogP contribution in [0.1, 0.15) is 5.69 Å². The summed E-state index contributed by atoms with van der Waals surface area (Å²) in [4.78, 5) is 11.9. The third-order valence-corrected chi connectivity index (χ3v) is 2.60. The van der Waals surface area contributed by atoms with E-state index in [1.807, 2.05) is 0 Å². The van der Waals surface area contributed by atoms with E-state index in [4.69, 9.17) is 15.2 Å². The van der Waals surface area contributed by atoms with Gasteiger partial charge in [0.2, 0.25) is 5.91 Å². The second kappa shape index (κ2) is 5.91. The number of carbonyl (C=O) groups is 1. The van der Waals surface area contributed by atoms with Gasteiger partial charge in [-0.1, -0.05) is 5.16 Å². The van der Waals surface area contributed by atoms with Crippen LogP contribution in [0.25, 0.3) is 0 Å². The van der Waals surface area contributed by atoms with Gasteiger partial charge in [-0.25, -0.2) is 4.63 Å². The molecule has 0 aliphatic heterocycles. The lowest BCUT2D eigenvalue weighted by atomic mass is 10.2. The van der Waals surface area contributed by atoms with Gasteiger partial charge in [0.15, 0.2) is 5.82 Å². The summed E-state index contributed by atoms with van der Waals surface area (Å²) in [5, 5.41) is 9.64. The average Bonchev–Trinajstić information content (AvgIpc) is 2.84. The van der Waals surface area contributed by atoms with E-state index in [1.54, 1.807) is 25.3 Å². The zero-order valence-corrected chi connectivity index (χ0v) is 11.0. The van der Waals surface area contributed by atoms with Crippen molar-refractivity contribution in [3.63, 3.8) is 0 Å². The largest absolute Gasteiger partial charge is 0.497 e. The fourth-order valence-electron chi connectivity index (χ4n) is 1.58. The summed E-state index contributed by atoms with van der Waals surface area (Å²) in [5.74, 6) is 0.909. The molecule has 3 N–H and O–H groups in total. The standard InChI is InChI=1S/C12H14N4O4/c1-18-7-3-4-8(10(5-7)19-2)14-11(17)6-9-12(13)16-20-15-9/h3-5H,6H2,1-2H3,(H2,13,16)(H,14,17). The van der Waals surface area contributed by atoms with Crippen LogP contribution in [-0.4, -0.2) is 30.4 Å². The molecule has 8 nitrogen and oxygen atoms in total. The number of hydrogen-bond donors (Lipinski definition) is 2. The maximum Gasteiger partial charge on any atom is 0.230 e. The number of nitrogens with one attached hydrogen (secondary N) is 1. The Bertz CT molecular complexity index is 611. The van der Waals surface area contributed by atoms with Crippen molar-refractivity contribution in [2.75, 3.05) is 25.3 Å². The number of benzene rings is 1.